The van der Waals surface area contributed by atoms with Gasteiger partial charge in [0, 0.05) is 19.0 Å². The molecular formula is C17H25ClN2O. The van der Waals surface area contributed by atoms with Crippen molar-refractivity contribution in [1.82, 2.24) is 10.2 Å². The summed E-state index contributed by atoms with van der Waals surface area (Å²) in [5.41, 5.74) is 2.76. The van der Waals surface area contributed by atoms with Crippen LogP contribution in [-0.4, -0.2) is 30.4 Å². The number of fused-ring (bicyclic) bond motifs is 1. The second kappa shape index (κ2) is 6.80. The molecule has 2 aliphatic rings. The Bertz CT molecular complexity index is 505. The van der Waals surface area contributed by atoms with Crippen LogP contribution in [0.1, 0.15) is 43.4 Å². The van der Waals surface area contributed by atoms with Gasteiger partial charge in [-0.25, -0.2) is 0 Å². The summed E-state index contributed by atoms with van der Waals surface area (Å²) in [5, 5.41) is 3.42. The van der Waals surface area contributed by atoms with Crippen molar-refractivity contribution in [2.24, 2.45) is 5.92 Å². The van der Waals surface area contributed by atoms with E-state index in [-0.39, 0.29) is 24.4 Å². The number of hydrogen-bond donors (Lipinski definition) is 1. The number of carbonyl (C=O) groups excluding carboxylic acids is 1. The van der Waals surface area contributed by atoms with Crippen molar-refractivity contribution < 1.29 is 4.79 Å². The maximum Gasteiger partial charge on any atom is 0.226 e. The smallest absolute Gasteiger partial charge is 0.226 e. The largest absolute Gasteiger partial charge is 0.338 e. The van der Waals surface area contributed by atoms with Gasteiger partial charge in [-0.2, -0.15) is 0 Å². The van der Waals surface area contributed by atoms with Crippen LogP contribution >= 0.6 is 12.4 Å². The highest BCUT2D eigenvalue weighted by Crippen LogP contribution is 2.36. The molecule has 0 saturated carbocycles. The second-order valence-corrected chi connectivity index (χ2v) is 6.28. The first kappa shape index (κ1) is 16.3. The zero-order valence-corrected chi connectivity index (χ0v) is 13.7. The summed E-state index contributed by atoms with van der Waals surface area (Å²) in [4.78, 5) is 14.7. The Hall–Kier alpha value is -1.06. The molecule has 3 atom stereocenters. The minimum atomic E-state index is 0. The van der Waals surface area contributed by atoms with Gasteiger partial charge in [-0.3, -0.25) is 4.79 Å². The molecule has 0 spiro atoms. The van der Waals surface area contributed by atoms with E-state index in [1.54, 1.807) is 0 Å². The lowest BCUT2D eigenvalue weighted by atomic mass is 9.91. The minimum absolute atomic E-state index is 0. The van der Waals surface area contributed by atoms with Crippen LogP contribution in [0.5, 0.6) is 0 Å². The summed E-state index contributed by atoms with van der Waals surface area (Å²) in [6.45, 7) is 3.14. The lowest BCUT2D eigenvalue weighted by Crippen LogP contribution is -2.43. The zero-order valence-electron chi connectivity index (χ0n) is 12.8. The van der Waals surface area contributed by atoms with Crippen molar-refractivity contribution in [1.29, 1.82) is 0 Å². The monoisotopic (exact) mass is 308 g/mol. The van der Waals surface area contributed by atoms with Crippen molar-refractivity contribution in [3.05, 3.63) is 35.4 Å². The minimum Gasteiger partial charge on any atom is -0.338 e. The molecule has 0 bridgehead atoms. The molecule has 1 saturated heterocycles. The van der Waals surface area contributed by atoms with E-state index in [4.69, 9.17) is 0 Å². The van der Waals surface area contributed by atoms with Gasteiger partial charge in [0.1, 0.15) is 0 Å². The molecule has 1 aromatic rings. The van der Waals surface area contributed by atoms with Gasteiger partial charge in [-0.1, -0.05) is 24.3 Å². The standard InChI is InChI=1S/C17H24N2O.ClH/c1-12-11-14(9-10-18-12)17(20)19(2)16-8-7-13-5-3-4-6-15(13)16;/h3-6,12,14,16,18H,7-11H2,1-2H3;1H/t12-,14-,16?;/m0./s1. The molecule has 1 aromatic carbocycles. The van der Waals surface area contributed by atoms with Crippen molar-refractivity contribution in [3.8, 4) is 0 Å². The molecule has 1 fully saturated rings. The van der Waals surface area contributed by atoms with Crippen LogP contribution in [0.3, 0.4) is 0 Å². The van der Waals surface area contributed by atoms with Crippen molar-refractivity contribution in [2.45, 2.75) is 44.7 Å². The molecule has 1 heterocycles. The average Bonchev–Trinajstić information content (AvgIpc) is 2.89. The third kappa shape index (κ3) is 3.24. The average molecular weight is 309 g/mol. The molecule has 1 amide bonds. The van der Waals surface area contributed by atoms with Gasteiger partial charge in [-0.05, 0) is 50.3 Å². The molecule has 116 valence electrons. The maximum absolute atomic E-state index is 12.7. The molecule has 4 heteroatoms. The van der Waals surface area contributed by atoms with Crippen LogP contribution in [-0.2, 0) is 11.2 Å². The highest BCUT2D eigenvalue weighted by molar-refractivity contribution is 5.85. The summed E-state index contributed by atoms with van der Waals surface area (Å²) in [5.74, 6) is 0.532. The van der Waals surface area contributed by atoms with Gasteiger partial charge in [0.25, 0.3) is 0 Å². The van der Waals surface area contributed by atoms with Gasteiger partial charge in [-0.15, -0.1) is 12.4 Å². The fourth-order valence-corrected chi connectivity index (χ4v) is 3.73. The van der Waals surface area contributed by atoms with E-state index in [0.29, 0.717) is 11.9 Å². The summed E-state index contributed by atoms with van der Waals surface area (Å²) >= 11 is 0. The van der Waals surface area contributed by atoms with E-state index >= 15 is 0 Å². The summed E-state index contributed by atoms with van der Waals surface area (Å²) in [7, 11) is 1.99. The van der Waals surface area contributed by atoms with Gasteiger partial charge in [0.2, 0.25) is 5.91 Å². The number of benzene rings is 1. The second-order valence-electron chi connectivity index (χ2n) is 6.28. The van der Waals surface area contributed by atoms with Gasteiger partial charge in [0.05, 0.1) is 6.04 Å². The molecular weight excluding hydrogens is 284 g/mol. The number of rotatable bonds is 2. The summed E-state index contributed by atoms with van der Waals surface area (Å²) in [6, 6.07) is 9.30. The van der Waals surface area contributed by atoms with Gasteiger partial charge >= 0.3 is 0 Å². The fourth-order valence-electron chi connectivity index (χ4n) is 3.73. The predicted octanol–water partition coefficient (Wildman–Crippen LogP) is 2.94. The first-order valence-corrected chi connectivity index (χ1v) is 7.74. The number of amides is 1. The number of nitrogens with zero attached hydrogens (tertiary/aromatic N) is 1. The Kier molecular flexibility index (Phi) is 5.28. The molecule has 1 aliphatic carbocycles. The molecule has 1 N–H and O–H groups in total. The number of aryl methyl sites for hydroxylation is 1. The Labute approximate surface area is 133 Å². The van der Waals surface area contributed by atoms with Crippen LogP contribution in [0.4, 0.5) is 0 Å². The van der Waals surface area contributed by atoms with E-state index in [1.165, 1.54) is 11.1 Å². The number of hydrogen-bond acceptors (Lipinski definition) is 2. The molecule has 21 heavy (non-hydrogen) atoms. The van der Waals surface area contributed by atoms with Gasteiger partial charge < -0.3 is 10.2 Å². The quantitative estimate of drug-likeness (QED) is 0.911. The lowest BCUT2D eigenvalue weighted by Gasteiger charge is -2.33. The normalized spacial score (nSPS) is 27.6. The van der Waals surface area contributed by atoms with Crippen molar-refractivity contribution in [2.75, 3.05) is 13.6 Å². The molecule has 0 aromatic heterocycles. The van der Waals surface area contributed by atoms with Crippen molar-refractivity contribution >= 4 is 18.3 Å². The molecule has 1 unspecified atom stereocenters. The maximum atomic E-state index is 12.7. The zero-order chi connectivity index (χ0) is 14.1. The highest BCUT2D eigenvalue weighted by Gasteiger charge is 2.33. The summed E-state index contributed by atoms with van der Waals surface area (Å²) in [6.07, 6.45) is 4.11. The third-order valence-corrected chi connectivity index (χ3v) is 4.89. The first-order chi connectivity index (χ1) is 9.66. The first-order valence-electron chi connectivity index (χ1n) is 7.74. The Morgan fingerprint density at radius 2 is 2.05 bits per heavy atom. The van der Waals surface area contributed by atoms with Crippen LogP contribution in [0.25, 0.3) is 0 Å². The SMILES string of the molecule is C[C@H]1C[C@@H](C(=O)N(C)C2CCc3ccccc32)CCN1.Cl. The Balaban J connectivity index is 0.00000161. The molecule has 3 nitrogen and oxygen atoms in total. The number of halogens is 1. The third-order valence-electron chi connectivity index (χ3n) is 4.89. The number of nitrogens with one attached hydrogen (secondary N) is 1. The predicted molar refractivity (Wildman–Crippen MR) is 87.7 cm³/mol. The fraction of sp³-hybridized carbons (Fsp3) is 0.588. The topological polar surface area (TPSA) is 32.3 Å². The molecule has 1 aliphatic heterocycles. The van der Waals surface area contributed by atoms with Crippen LogP contribution in [0, 0.1) is 5.92 Å². The van der Waals surface area contributed by atoms with E-state index in [9.17, 15) is 4.79 Å². The van der Waals surface area contributed by atoms with Crippen LogP contribution in [0.15, 0.2) is 24.3 Å². The van der Waals surface area contributed by atoms with Gasteiger partial charge in [0.15, 0.2) is 0 Å². The molecule has 3 rings (SSSR count). The van der Waals surface area contributed by atoms with E-state index in [1.807, 2.05) is 11.9 Å². The number of carbonyl (C=O) groups is 1. The number of piperidine rings is 1. The van der Waals surface area contributed by atoms with E-state index < -0.39 is 0 Å². The summed E-state index contributed by atoms with van der Waals surface area (Å²) < 4.78 is 0. The van der Waals surface area contributed by atoms with E-state index in [2.05, 4.69) is 36.5 Å². The Morgan fingerprint density at radius 3 is 2.81 bits per heavy atom. The van der Waals surface area contributed by atoms with Crippen LogP contribution < -0.4 is 5.32 Å². The van der Waals surface area contributed by atoms with Crippen LogP contribution in [0.2, 0.25) is 0 Å². The lowest BCUT2D eigenvalue weighted by molar-refractivity contribution is -0.137. The highest BCUT2D eigenvalue weighted by atomic mass is 35.5. The van der Waals surface area contributed by atoms with Crippen molar-refractivity contribution in [3.63, 3.8) is 0 Å². The van der Waals surface area contributed by atoms with E-state index in [0.717, 1.165) is 32.2 Å². The Morgan fingerprint density at radius 1 is 1.29 bits per heavy atom. The molecule has 0 radical (unpaired) electrons.